The van der Waals surface area contributed by atoms with Gasteiger partial charge in [0.1, 0.15) is 0 Å². The Bertz CT molecular complexity index is 326. The van der Waals surface area contributed by atoms with E-state index in [0.29, 0.717) is 24.7 Å². The van der Waals surface area contributed by atoms with E-state index in [-0.39, 0.29) is 0 Å². The Morgan fingerprint density at radius 2 is 2.06 bits per heavy atom. The van der Waals surface area contributed by atoms with Gasteiger partial charge in [-0.2, -0.15) is 0 Å². The Morgan fingerprint density at radius 1 is 1.41 bits per heavy atom. The Kier molecular flexibility index (Phi) is 4.20. The first-order chi connectivity index (χ1) is 8.13. The van der Waals surface area contributed by atoms with Crippen molar-refractivity contribution in [3.8, 4) is 0 Å². The molecule has 0 saturated carbocycles. The van der Waals surface area contributed by atoms with E-state index in [1.165, 1.54) is 4.88 Å². The van der Waals surface area contributed by atoms with Crippen molar-refractivity contribution in [3.05, 3.63) is 22.4 Å². The number of thiophene rings is 1. The van der Waals surface area contributed by atoms with Crippen LogP contribution < -0.4 is 5.73 Å². The molecule has 17 heavy (non-hydrogen) atoms. The number of nitrogens with zero attached hydrogens (tertiary/aromatic N) is 2. The minimum Gasteiger partial charge on any atom is -0.329 e. The minimum atomic E-state index is 0.397. The summed E-state index contributed by atoms with van der Waals surface area (Å²) in [6.45, 7) is 7.53. The number of hydrogen-bond donors (Lipinski definition) is 1. The molecular weight excluding hydrogens is 230 g/mol. The highest BCUT2D eigenvalue weighted by atomic mass is 32.1. The van der Waals surface area contributed by atoms with Crippen LogP contribution in [0, 0.1) is 0 Å². The van der Waals surface area contributed by atoms with E-state index in [2.05, 4.69) is 48.2 Å². The normalized spacial score (nSPS) is 29.4. The van der Waals surface area contributed by atoms with Crippen molar-refractivity contribution < 1.29 is 0 Å². The molecule has 3 atom stereocenters. The Hall–Kier alpha value is -0.420. The van der Waals surface area contributed by atoms with Gasteiger partial charge in [0, 0.05) is 36.6 Å². The number of rotatable bonds is 3. The average molecular weight is 253 g/mol. The Balaban J connectivity index is 2.11. The smallest absolute Gasteiger partial charge is 0.0565 e. The van der Waals surface area contributed by atoms with Crippen molar-refractivity contribution in [3.63, 3.8) is 0 Å². The fourth-order valence-corrected chi connectivity index (χ4v) is 3.50. The standard InChI is InChI=1S/C13H23N3S/c1-10-8-16(9-11(2)15(10)3)12(7-14)13-5-4-6-17-13/h4-6,10-12H,7-9,14H2,1-3H3. The molecule has 2 N–H and O–H groups in total. The van der Waals surface area contributed by atoms with E-state index in [1.54, 1.807) is 0 Å². The van der Waals surface area contributed by atoms with Crippen LogP contribution in [0.15, 0.2) is 17.5 Å². The highest BCUT2D eigenvalue weighted by Gasteiger charge is 2.31. The fraction of sp³-hybridized carbons (Fsp3) is 0.692. The van der Waals surface area contributed by atoms with Crippen LogP contribution in [0.3, 0.4) is 0 Å². The summed E-state index contributed by atoms with van der Waals surface area (Å²) in [4.78, 5) is 6.40. The highest BCUT2D eigenvalue weighted by molar-refractivity contribution is 7.10. The summed E-state index contributed by atoms with van der Waals surface area (Å²) in [6.07, 6.45) is 0. The van der Waals surface area contributed by atoms with Crippen molar-refractivity contribution >= 4 is 11.3 Å². The summed E-state index contributed by atoms with van der Waals surface area (Å²) in [7, 11) is 2.22. The molecule has 3 nitrogen and oxygen atoms in total. The lowest BCUT2D eigenvalue weighted by atomic mass is 10.1. The molecule has 1 saturated heterocycles. The summed E-state index contributed by atoms with van der Waals surface area (Å²) >= 11 is 1.82. The zero-order valence-corrected chi connectivity index (χ0v) is 11.8. The summed E-state index contributed by atoms with van der Waals surface area (Å²) in [5.41, 5.74) is 5.97. The van der Waals surface area contributed by atoms with Gasteiger partial charge < -0.3 is 5.73 Å². The van der Waals surface area contributed by atoms with Gasteiger partial charge in [-0.25, -0.2) is 0 Å². The van der Waals surface area contributed by atoms with Gasteiger partial charge in [-0.1, -0.05) is 6.07 Å². The monoisotopic (exact) mass is 253 g/mol. The predicted molar refractivity (Wildman–Crippen MR) is 74.4 cm³/mol. The quantitative estimate of drug-likeness (QED) is 0.891. The molecule has 3 unspecified atom stereocenters. The van der Waals surface area contributed by atoms with Gasteiger partial charge in [-0.05, 0) is 32.3 Å². The lowest BCUT2D eigenvalue weighted by Gasteiger charge is -2.45. The van der Waals surface area contributed by atoms with Crippen molar-refractivity contribution in [2.45, 2.75) is 32.0 Å². The molecule has 1 fully saturated rings. The lowest BCUT2D eigenvalue weighted by molar-refractivity contribution is 0.0360. The number of hydrogen-bond acceptors (Lipinski definition) is 4. The van der Waals surface area contributed by atoms with Crippen molar-refractivity contribution in [2.24, 2.45) is 5.73 Å². The summed E-state index contributed by atoms with van der Waals surface area (Å²) in [6, 6.07) is 5.93. The molecule has 96 valence electrons. The van der Waals surface area contributed by atoms with E-state index in [0.717, 1.165) is 13.1 Å². The van der Waals surface area contributed by atoms with Gasteiger partial charge >= 0.3 is 0 Å². The summed E-state index contributed by atoms with van der Waals surface area (Å²) < 4.78 is 0. The maximum absolute atomic E-state index is 5.97. The molecule has 0 bridgehead atoms. The lowest BCUT2D eigenvalue weighted by Crippen LogP contribution is -2.56. The van der Waals surface area contributed by atoms with Crippen molar-refractivity contribution in [1.82, 2.24) is 9.80 Å². The zero-order valence-electron chi connectivity index (χ0n) is 11.0. The summed E-state index contributed by atoms with van der Waals surface area (Å²) in [5.74, 6) is 0. The average Bonchev–Trinajstić information content (AvgIpc) is 2.80. The van der Waals surface area contributed by atoms with Gasteiger partial charge in [-0.3, -0.25) is 9.80 Å². The van der Waals surface area contributed by atoms with Crippen LogP contribution in [0.5, 0.6) is 0 Å². The topological polar surface area (TPSA) is 32.5 Å². The highest BCUT2D eigenvalue weighted by Crippen LogP contribution is 2.27. The SMILES string of the molecule is CC1CN(C(CN)c2cccs2)CC(C)N1C. The van der Waals surface area contributed by atoms with Crippen LogP contribution in [-0.2, 0) is 0 Å². The van der Waals surface area contributed by atoms with Gasteiger partial charge in [0.25, 0.3) is 0 Å². The zero-order chi connectivity index (χ0) is 12.4. The van der Waals surface area contributed by atoms with E-state index in [4.69, 9.17) is 5.73 Å². The molecule has 0 radical (unpaired) electrons. The fourth-order valence-electron chi connectivity index (χ4n) is 2.63. The van der Waals surface area contributed by atoms with Crippen LogP contribution in [0.25, 0.3) is 0 Å². The third-order valence-electron chi connectivity index (χ3n) is 3.92. The molecular formula is C13H23N3S. The molecule has 1 aliphatic heterocycles. The van der Waals surface area contributed by atoms with Crippen LogP contribution in [0.2, 0.25) is 0 Å². The molecule has 0 aromatic carbocycles. The van der Waals surface area contributed by atoms with Gasteiger partial charge in [0.2, 0.25) is 0 Å². The van der Waals surface area contributed by atoms with E-state index < -0.39 is 0 Å². The molecule has 1 aromatic rings. The Labute approximate surface area is 108 Å². The largest absolute Gasteiger partial charge is 0.329 e. The first kappa shape index (κ1) is 13.0. The maximum atomic E-state index is 5.97. The number of likely N-dealkylation sites (N-methyl/N-ethyl adjacent to an activating group) is 1. The van der Waals surface area contributed by atoms with E-state index in [9.17, 15) is 0 Å². The first-order valence-electron chi connectivity index (χ1n) is 6.33. The molecule has 1 aromatic heterocycles. The molecule has 1 aliphatic rings. The van der Waals surface area contributed by atoms with Gasteiger partial charge in [0.15, 0.2) is 0 Å². The van der Waals surface area contributed by atoms with Crippen molar-refractivity contribution in [2.75, 3.05) is 26.7 Å². The molecule has 2 rings (SSSR count). The van der Waals surface area contributed by atoms with E-state index in [1.807, 2.05) is 11.3 Å². The van der Waals surface area contributed by atoms with Crippen LogP contribution in [0.4, 0.5) is 0 Å². The molecule has 2 heterocycles. The van der Waals surface area contributed by atoms with Gasteiger partial charge in [-0.15, -0.1) is 11.3 Å². The third kappa shape index (κ3) is 2.71. The number of nitrogens with two attached hydrogens (primary N) is 1. The van der Waals surface area contributed by atoms with Crippen LogP contribution in [0.1, 0.15) is 24.8 Å². The molecule has 0 spiro atoms. The first-order valence-corrected chi connectivity index (χ1v) is 7.21. The van der Waals surface area contributed by atoms with Crippen molar-refractivity contribution in [1.29, 1.82) is 0 Å². The minimum absolute atomic E-state index is 0.397. The second-order valence-corrected chi connectivity index (χ2v) is 6.06. The van der Waals surface area contributed by atoms with Crippen LogP contribution >= 0.6 is 11.3 Å². The summed E-state index contributed by atoms with van der Waals surface area (Å²) in [5, 5.41) is 2.14. The second kappa shape index (κ2) is 5.48. The Morgan fingerprint density at radius 3 is 2.53 bits per heavy atom. The third-order valence-corrected chi connectivity index (χ3v) is 4.90. The van der Waals surface area contributed by atoms with Gasteiger partial charge in [0.05, 0.1) is 6.04 Å². The predicted octanol–water partition coefficient (Wildman–Crippen LogP) is 1.77. The number of piperazine rings is 1. The molecule has 4 heteroatoms. The second-order valence-electron chi connectivity index (χ2n) is 5.08. The molecule has 0 amide bonds. The van der Waals surface area contributed by atoms with E-state index >= 15 is 0 Å². The maximum Gasteiger partial charge on any atom is 0.0565 e. The molecule has 0 aliphatic carbocycles. The van der Waals surface area contributed by atoms with Crippen LogP contribution in [-0.4, -0.2) is 48.6 Å².